The summed E-state index contributed by atoms with van der Waals surface area (Å²) in [6.07, 6.45) is 8.06. The molecule has 1 aliphatic carbocycles. The molecule has 1 aliphatic rings. The lowest BCUT2D eigenvalue weighted by Crippen LogP contribution is -2.24. The molecule has 1 unspecified atom stereocenters. The molecule has 0 heterocycles. The molecule has 0 fully saturated rings. The van der Waals surface area contributed by atoms with E-state index in [0.29, 0.717) is 5.75 Å². The SMILES string of the molecule is CC(NC(=O)C=Cc1ccc(OCC(N)=O)cc1)c1ccc2c(c1)CCCC2. The number of amides is 2. The minimum atomic E-state index is -0.520. The van der Waals surface area contributed by atoms with Crippen molar-refractivity contribution >= 4 is 17.9 Å². The van der Waals surface area contributed by atoms with Gasteiger partial charge in [0.25, 0.3) is 5.91 Å². The molecule has 146 valence electrons. The van der Waals surface area contributed by atoms with Crippen LogP contribution in [0.2, 0.25) is 0 Å². The number of hydrogen-bond acceptors (Lipinski definition) is 3. The monoisotopic (exact) mass is 378 g/mol. The van der Waals surface area contributed by atoms with Gasteiger partial charge >= 0.3 is 0 Å². The van der Waals surface area contributed by atoms with E-state index in [1.165, 1.54) is 30.0 Å². The Kier molecular flexibility index (Phi) is 6.48. The molecule has 1 atom stereocenters. The van der Waals surface area contributed by atoms with Gasteiger partial charge in [0.15, 0.2) is 6.61 Å². The summed E-state index contributed by atoms with van der Waals surface area (Å²) < 4.78 is 5.21. The summed E-state index contributed by atoms with van der Waals surface area (Å²) in [5.74, 6) is -0.102. The maximum absolute atomic E-state index is 12.3. The first-order valence-corrected chi connectivity index (χ1v) is 9.63. The van der Waals surface area contributed by atoms with E-state index in [2.05, 4.69) is 23.5 Å². The maximum atomic E-state index is 12.3. The molecule has 0 aliphatic heterocycles. The number of nitrogens with one attached hydrogen (secondary N) is 1. The Morgan fingerprint density at radius 1 is 1.11 bits per heavy atom. The van der Waals surface area contributed by atoms with Gasteiger partial charge < -0.3 is 15.8 Å². The van der Waals surface area contributed by atoms with E-state index in [1.807, 2.05) is 19.1 Å². The molecule has 0 saturated heterocycles. The second-order valence-corrected chi connectivity index (χ2v) is 7.12. The molecule has 5 nitrogen and oxygen atoms in total. The van der Waals surface area contributed by atoms with Gasteiger partial charge in [0, 0.05) is 6.08 Å². The largest absolute Gasteiger partial charge is 0.484 e. The van der Waals surface area contributed by atoms with Gasteiger partial charge in [-0.05, 0) is 73.1 Å². The normalized spacial score (nSPS) is 14.3. The molecule has 0 spiro atoms. The molecule has 3 rings (SSSR count). The highest BCUT2D eigenvalue weighted by Crippen LogP contribution is 2.24. The molecule has 2 aromatic rings. The van der Waals surface area contributed by atoms with Gasteiger partial charge in [-0.2, -0.15) is 0 Å². The molecular formula is C23H26N2O3. The van der Waals surface area contributed by atoms with Gasteiger partial charge in [-0.1, -0.05) is 30.3 Å². The summed E-state index contributed by atoms with van der Waals surface area (Å²) in [6, 6.07) is 13.6. The number of nitrogens with two attached hydrogens (primary N) is 1. The van der Waals surface area contributed by atoms with Crippen molar-refractivity contribution in [1.82, 2.24) is 5.32 Å². The third kappa shape index (κ3) is 5.46. The van der Waals surface area contributed by atoms with Crippen LogP contribution in [0.3, 0.4) is 0 Å². The average Bonchev–Trinajstić information content (AvgIpc) is 2.71. The van der Waals surface area contributed by atoms with Crippen molar-refractivity contribution in [2.45, 2.75) is 38.6 Å². The lowest BCUT2D eigenvalue weighted by Gasteiger charge is -2.19. The summed E-state index contributed by atoms with van der Waals surface area (Å²) >= 11 is 0. The number of hydrogen-bond donors (Lipinski definition) is 2. The van der Waals surface area contributed by atoms with Gasteiger partial charge in [-0.3, -0.25) is 9.59 Å². The molecule has 0 aromatic heterocycles. The summed E-state index contributed by atoms with van der Waals surface area (Å²) in [5, 5.41) is 3.02. The third-order valence-electron chi connectivity index (χ3n) is 4.92. The van der Waals surface area contributed by atoms with Crippen LogP contribution >= 0.6 is 0 Å². The second kappa shape index (κ2) is 9.22. The quantitative estimate of drug-likeness (QED) is 0.725. The van der Waals surface area contributed by atoms with Crippen LogP contribution in [0.4, 0.5) is 0 Å². The Morgan fingerprint density at radius 2 is 1.82 bits per heavy atom. The van der Waals surface area contributed by atoms with Gasteiger partial charge in [-0.15, -0.1) is 0 Å². The number of benzene rings is 2. The van der Waals surface area contributed by atoms with Crippen molar-refractivity contribution in [3.05, 3.63) is 70.8 Å². The van der Waals surface area contributed by atoms with E-state index in [0.717, 1.165) is 24.0 Å². The Bertz CT molecular complexity index is 872. The number of ether oxygens (including phenoxy) is 1. The van der Waals surface area contributed by atoms with Crippen LogP contribution in [0.25, 0.3) is 6.08 Å². The highest BCUT2D eigenvalue weighted by atomic mass is 16.5. The van der Waals surface area contributed by atoms with Crippen molar-refractivity contribution in [3.8, 4) is 5.75 Å². The predicted molar refractivity (Wildman–Crippen MR) is 110 cm³/mol. The van der Waals surface area contributed by atoms with Gasteiger partial charge in [0.1, 0.15) is 5.75 Å². The van der Waals surface area contributed by atoms with Gasteiger partial charge in [0.05, 0.1) is 6.04 Å². The summed E-state index contributed by atoms with van der Waals surface area (Å²) in [5.41, 5.74) is 9.91. The van der Waals surface area contributed by atoms with Crippen LogP contribution in [0.5, 0.6) is 5.75 Å². The fraction of sp³-hybridized carbons (Fsp3) is 0.304. The first kappa shape index (κ1) is 19.7. The van der Waals surface area contributed by atoms with Crippen molar-refractivity contribution in [3.63, 3.8) is 0 Å². The lowest BCUT2D eigenvalue weighted by molar-refractivity contribution is -0.120. The lowest BCUT2D eigenvalue weighted by atomic mass is 9.89. The molecule has 0 saturated carbocycles. The summed E-state index contributed by atoms with van der Waals surface area (Å²) in [7, 11) is 0. The molecular weight excluding hydrogens is 352 g/mol. The van der Waals surface area contributed by atoms with Crippen LogP contribution in [-0.4, -0.2) is 18.4 Å². The Morgan fingerprint density at radius 3 is 2.54 bits per heavy atom. The highest BCUT2D eigenvalue weighted by Gasteiger charge is 2.13. The van der Waals surface area contributed by atoms with E-state index in [4.69, 9.17) is 10.5 Å². The minimum Gasteiger partial charge on any atom is -0.484 e. The molecule has 3 N–H and O–H groups in total. The van der Waals surface area contributed by atoms with Crippen LogP contribution in [-0.2, 0) is 22.4 Å². The van der Waals surface area contributed by atoms with E-state index < -0.39 is 5.91 Å². The standard InChI is InChI=1S/C23H26N2O3/c1-16(19-10-9-18-4-2-3-5-20(18)14-19)25-23(27)13-8-17-6-11-21(12-7-17)28-15-22(24)26/h6-14,16H,2-5,15H2,1H3,(H2,24,26)(H,25,27). The van der Waals surface area contributed by atoms with E-state index in [-0.39, 0.29) is 18.6 Å². The van der Waals surface area contributed by atoms with E-state index in [1.54, 1.807) is 18.2 Å². The summed E-state index contributed by atoms with van der Waals surface area (Å²) in [6.45, 7) is 1.85. The van der Waals surface area contributed by atoms with Crippen molar-refractivity contribution in [2.24, 2.45) is 5.73 Å². The van der Waals surface area contributed by atoms with Crippen LogP contribution < -0.4 is 15.8 Å². The van der Waals surface area contributed by atoms with Gasteiger partial charge in [-0.25, -0.2) is 0 Å². The van der Waals surface area contributed by atoms with Crippen LogP contribution in [0.15, 0.2) is 48.5 Å². The van der Waals surface area contributed by atoms with Gasteiger partial charge in [0.2, 0.25) is 5.91 Å². The third-order valence-corrected chi connectivity index (χ3v) is 4.92. The molecule has 28 heavy (non-hydrogen) atoms. The first-order chi connectivity index (χ1) is 13.5. The number of carbonyl (C=O) groups is 2. The molecule has 0 radical (unpaired) electrons. The van der Waals surface area contributed by atoms with Crippen molar-refractivity contribution in [1.29, 1.82) is 0 Å². The Balaban J connectivity index is 1.55. The number of rotatable bonds is 7. The average molecular weight is 378 g/mol. The molecule has 0 bridgehead atoms. The van der Waals surface area contributed by atoms with Crippen molar-refractivity contribution in [2.75, 3.05) is 6.61 Å². The van der Waals surface area contributed by atoms with E-state index >= 15 is 0 Å². The number of aryl methyl sites for hydroxylation is 2. The number of primary amides is 1. The van der Waals surface area contributed by atoms with E-state index in [9.17, 15) is 9.59 Å². The van der Waals surface area contributed by atoms with Crippen LogP contribution in [0.1, 0.15) is 48.1 Å². The number of carbonyl (C=O) groups excluding carboxylic acids is 2. The molecule has 2 amide bonds. The fourth-order valence-electron chi connectivity index (χ4n) is 3.37. The topological polar surface area (TPSA) is 81.4 Å². The number of fused-ring (bicyclic) bond motifs is 1. The first-order valence-electron chi connectivity index (χ1n) is 9.63. The molecule has 2 aromatic carbocycles. The second-order valence-electron chi connectivity index (χ2n) is 7.12. The fourth-order valence-corrected chi connectivity index (χ4v) is 3.37. The highest BCUT2D eigenvalue weighted by molar-refractivity contribution is 5.92. The zero-order valence-electron chi connectivity index (χ0n) is 16.1. The zero-order valence-corrected chi connectivity index (χ0v) is 16.1. The maximum Gasteiger partial charge on any atom is 0.255 e. The predicted octanol–water partition coefficient (Wildman–Crippen LogP) is 3.32. The summed E-state index contributed by atoms with van der Waals surface area (Å²) in [4.78, 5) is 23.0. The molecule has 5 heteroatoms. The Hall–Kier alpha value is -3.08. The van der Waals surface area contributed by atoms with Crippen LogP contribution in [0, 0.1) is 0 Å². The zero-order chi connectivity index (χ0) is 19.9. The minimum absolute atomic E-state index is 0.0473. The smallest absolute Gasteiger partial charge is 0.255 e. The van der Waals surface area contributed by atoms with Crippen molar-refractivity contribution < 1.29 is 14.3 Å². The Labute approximate surface area is 165 Å².